The largest absolute Gasteiger partial charge is 0.391 e. The van der Waals surface area contributed by atoms with Crippen LogP contribution in [0.5, 0.6) is 0 Å². The predicted octanol–water partition coefficient (Wildman–Crippen LogP) is 2.06. The van der Waals surface area contributed by atoms with Gasteiger partial charge in [0.25, 0.3) is 0 Å². The number of likely N-dealkylation sites (tertiary alicyclic amines) is 1. The van der Waals surface area contributed by atoms with Crippen molar-refractivity contribution in [1.29, 1.82) is 0 Å². The summed E-state index contributed by atoms with van der Waals surface area (Å²) in [5.74, 6) is 10.7. The molecule has 0 aromatic heterocycles. The molecule has 0 aliphatic carbocycles. The Bertz CT molecular complexity index is 578. The Balaban J connectivity index is -0.000000392. The molecule has 1 fully saturated rings. The molecule has 0 spiro atoms. The smallest absolute Gasteiger partial charge is 0.223 e. The first-order valence-corrected chi connectivity index (χ1v) is 10.0. The number of hydrogen-bond donors (Lipinski definition) is 4. The van der Waals surface area contributed by atoms with Gasteiger partial charge in [-0.15, -0.1) is 6.42 Å². The van der Waals surface area contributed by atoms with Crippen LogP contribution in [0.3, 0.4) is 0 Å². The van der Waals surface area contributed by atoms with Crippen molar-refractivity contribution in [1.82, 2.24) is 10.2 Å². The number of β-amino-alcohol motifs (C(OH)–C–C–N with tert-alkyl or cyclic N) is 1. The summed E-state index contributed by atoms with van der Waals surface area (Å²) < 4.78 is 0. The van der Waals surface area contributed by atoms with Crippen LogP contribution in [0.2, 0.25) is 0 Å². The van der Waals surface area contributed by atoms with Crippen LogP contribution in [0.15, 0.2) is 24.3 Å². The molecular weight excluding hydrogens is 380 g/mol. The summed E-state index contributed by atoms with van der Waals surface area (Å²) in [5.41, 5.74) is 2.24. The highest BCUT2D eigenvalue weighted by Gasteiger charge is 2.27. The molecule has 0 bridgehead atoms. The molecule has 30 heavy (non-hydrogen) atoms. The molecule has 0 radical (unpaired) electrons. The SMILES string of the molecule is C#Cc1ccc(CNC)cc1.C=O.CC.CC(C)(C)CC(=O)N1CCC(O)C1.NN. The maximum atomic E-state index is 11.6. The average Bonchev–Trinajstić information content (AvgIpc) is 3.19. The van der Waals surface area contributed by atoms with Gasteiger partial charge in [-0.1, -0.05) is 52.7 Å². The molecule has 7 heteroatoms. The first-order chi connectivity index (χ1) is 14.2. The number of hydrazine groups is 1. The maximum Gasteiger partial charge on any atom is 0.223 e. The van der Waals surface area contributed by atoms with Gasteiger partial charge in [0.2, 0.25) is 5.91 Å². The number of nitrogens with two attached hydrogens (primary N) is 2. The van der Waals surface area contributed by atoms with Crippen LogP contribution in [-0.4, -0.2) is 48.9 Å². The summed E-state index contributed by atoms with van der Waals surface area (Å²) >= 11 is 0. The lowest BCUT2D eigenvalue weighted by atomic mass is 9.92. The van der Waals surface area contributed by atoms with Crippen molar-refractivity contribution in [2.75, 3.05) is 20.1 Å². The molecule has 2 rings (SSSR count). The fourth-order valence-electron chi connectivity index (χ4n) is 2.46. The zero-order valence-electron chi connectivity index (χ0n) is 19.6. The highest BCUT2D eigenvalue weighted by Crippen LogP contribution is 2.21. The second-order valence-corrected chi connectivity index (χ2v) is 7.39. The lowest BCUT2D eigenvalue weighted by Gasteiger charge is -2.22. The minimum Gasteiger partial charge on any atom is -0.391 e. The Labute approximate surface area is 183 Å². The molecule has 1 aliphatic rings. The summed E-state index contributed by atoms with van der Waals surface area (Å²) in [7, 11) is 1.93. The number of carbonyl (C=O) groups excluding carboxylic acids is 2. The third kappa shape index (κ3) is 16.7. The lowest BCUT2D eigenvalue weighted by molar-refractivity contribution is -0.132. The van der Waals surface area contributed by atoms with E-state index in [0.717, 1.165) is 25.1 Å². The Morgan fingerprint density at radius 3 is 2.10 bits per heavy atom. The van der Waals surface area contributed by atoms with Crippen molar-refractivity contribution in [2.24, 2.45) is 17.1 Å². The zero-order valence-corrected chi connectivity index (χ0v) is 19.6. The van der Waals surface area contributed by atoms with Crippen molar-refractivity contribution in [3.8, 4) is 12.3 Å². The number of benzene rings is 1. The van der Waals surface area contributed by atoms with E-state index in [9.17, 15) is 9.90 Å². The standard InChI is InChI=1S/C10H19NO2.C10H11N.C2H6.CH2O.H4N2/c1-10(2,3)6-9(13)11-5-4-8(12)7-11;1-3-9-4-6-10(7-5-9)8-11-2;3*1-2/h8,12H,4-7H2,1-3H3;1,4-7,11H,8H2,2H3;1-2H3;1H2;1-2H2. The average molecular weight is 423 g/mol. The zero-order chi connectivity index (χ0) is 24.2. The molecule has 1 aromatic carbocycles. The Morgan fingerprint density at radius 2 is 1.77 bits per heavy atom. The molecule has 172 valence electrons. The Kier molecular flexibility index (Phi) is 21.7. The van der Waals surface area contributed by atoms with Gasteiger partial charge in [-0.2, -0.15) is 0 Å². The molecule has 1 saturated heterocycles. The van der Waals surface area contributed by atoms with Crippen LogP contribution in [0.4, 0.5) is 0 Å². The summed E-state index contributed by atoms with van der Waals surface area (Å²) in [5, 5.41) is 12.3. The number of amides is 1. The molecule has 0 saturated carbocycles. The van der Waals surface area contributed by atoms with E-state index in [-0.39, 0.29) is 17.4 Å². The topological polar surface area (TPSA) is 122 Å². The Hall–Kier alpha value is -2.24. The van der Waals surface area contributed by atoms with Gasteiger partial charge in [0.1, 0.15) is 6.79 Å². The molecule has 1 amide bonds. The van der Waals surface area contributed by atoms with Gasteiger partial charge in [-0.05, 0) is 36.6 Å². The van der Waals surface area contributed by atoms with Crippen LogP contribution in [0, 0.1) is 17.8 Å². The Morgan fingerprint density at radius 1 is 1.27 bits per heavy atom. The van der Waals surface area contributed by atoms with E-state index >= 15 is 0 Å². The van der Waals surface area contributed by atoms with Crippen molar-refractivity contribution < 1.29 is 14.7 Å². The van der Waals surface area contributed by atoms with Gasteiger partial charge in [0.05, 0.1) is 6.10 Å². The number of aliphatic hydroxyl groups is 1. The van der Waals surface area contributed by atoms with E-state index in [1.165, 1.54) is 5.56 Å². The summed E-state index contributed by atoms with van der Waals surface area (Å²) in [6.45, 7) is 14.3. The first-order valence-electron chi connectivity index (χ1n) is 10.0. The number of carbonyl (C=O) groups is 2. The minimum absolute atomic E-state index is 0.0463. The van der Waals surface area contributed by atoms with Crippen LogP contribution >= 0.6 is 0 Å². The second-order valence-electron chi connectivity index (χ2n) is 7.39. The molecule has 1 aliphatic heterocycles. The van der Waals surface area contributed by atoms with Crippen molar-refractivity contribution in [3.63, 3.8) is 0 Å². The molecule has 7 nitrogen and oxygen atoms in total. The maximum absolute atomic E-state index is 11.6. The van der Waals surface area contributed by atoms with Crippen molar-refractivity contribution in [3.05, 3.63) is 35.4 Å². The fourth-order valence-corrected chi connectivity index (χ4v) is 2.46. The molecule has 1 atom stereocenters. The minimum atomic E-state index is -0.302. The fraction of sp³-hybridized carbons (Fsp3) is 0.565. The quantitative estimate of drug-likeness (QED) is 0.336. The first kappa shape index (κ1) is 32.4. The van der Waals surface area contributed by atoms with Crippen LogP contribution in [-0.2, 0) is 16.1 Å². The van der Waals surface area contributed by atoms with E-state index in [1.54, 1.807) is 4.90 Å². The van der Waals surface area contributed by atoms with Crippen LogP contribution < -0.4 is 17.0 Å². The molecule has 6 N–H and O–H groups in total. The molecular formula is C23H42N4O3. The van der Waals surface area contributed by atoms with Gasteiger partial charge in [-0.3, -0.25) is 16.5 Å². The van der Waals surface area contributed by atoms with Gasteiger partial charge in [0, 0.05) is 31.6 Å². The van der Waals surface area contributed by atoms with Crippen LogP contribution in [0.1, 0.15) is 58.6 Å². The number of aliphatic hydroxyl groups excluding tert-OH is 1. The van der Waals surface area contributed by atoms with E-state index in [4.69, 9.17) is 11.2 Å². The summed E-state index contributed by atoms with van der Waals surface area (Å²) in [6, 6.07) is 7.97. The number of nitrogens with zero attached hydrogens (tertiary/aromatic N) is 1. The molecule has 1 aromatic rings. The number of hydrogen-bond acceptors (Lipinski definition) is 6. The number of nitrogens with one attached hydrogen (secondary N) is 1. The monoisotopic (exact) mass is 422 g/mol. The second kappa shape index (κ2) is 20.0. The number of rotatable bonds is 3. The molecule has 1 heterocycles. The highest BCUT2D eigenvalue weighted by molar-refractivity contribution is 5.77. The third-order valence-electron chi connectivity index (χ3n) is 3.70. The van der Waals surface area contributed by atoms with E-state index in [0.29, 0.717) is 13.0 Å². The number of terminal acetylenes is 1. The predicted molar refractivity (Wildman–Crippen MR) is 125 cm³/mol. The van der Waals surface area contributed by atoms with E-state index < -0.39 is 0 Å². The normalized spacial score (nSPS) is 14.1. The van der Waals surface area contributed by atoms with Crippen LogP contribution in [0.25, 0.3) is 0 Å². The van der Waals surface area contributed by atoms with Gasteiger partial charge in [-0.25, -0.2) is 0 Å². The summed E-state index contributed by atoms with van der Waals surface area (Å²) in [4.78, 5) is 21.4. The van der Waals surface area contributed by atoms with Gasteiger partial charge in [0.15, 0.2) is 0 Å². The van der Waals surface area contributed by atoms with E-state index in [1.807, 2.05) is 51.9 Å². The van der Waals surface area contributed by atoms with Gasteiger partial charge >= 0.3 is 0 Å². The summed E-state index contributed by atoms with van der Waals surface area (Å²) in [6.07, 6.45) is 6.21. The van der Waals surface area contributed by atoms with Crippen molar-refractivity contribution in [2.45, 2.75) is 60.1 Å². The third-order valence-corrected chi connectivity index (χ3v) is 3.70. The lowest BCUT2D eigenvalue weighted by Crippen LogP contribution is -2.32. The van der Waals surface area contributed by atoms with Gasteiger partial charge < -0.3 is 20.1 Å². The van der Waals surface area contributed by atoms with Crippen molar-refractivity contribution >= 4 is 12.7 Å². The van der Waals surface area contributed by atoms with E-state index in [2.05, 4.69) is 43.7 Å². The molecule has 1 unspecified atom stereocenters. The highest BCUT2D eigenvalue weighted by atomic mass is 16.3.